The van der Waals surface area contributed by atoms with Gasteiger partial charge in [0.15, 0.2) is 0 Å². The minimum atomic E-state index is 0.0300. The number of carbonyl (C=O) groups is 1. The second kappa shape index (κ2) is 5.06. The lowest BCUT2D eigenvalue weighted by Gasteiger charge is -2.27. The first-order valence-electron chi connectivity index (χ1n) is 6.46. The van der Waals surface area contributed by atoms with Crippen molar-refractivity contribution in [3.63, 3.8) is 0 Å². The van der Waals surface area contributed by atoms with Gasteiger partial charge in [0.05, 0.1) is 11.3 Å². The molecule has 1 aliphatic carbocycles. The fourth-order valence-electron chi connectivity index (χ4n) is 2.40. The quantitative estimate of drug-likeness (QED) is 0.877. The molecule has 18 heavy (non-hydrogen) atoms. The van der Waals surface area contributed by atoms with Crippen molar-refractivity contribution in [1.82, 2.24) is 9.88 Å². The number of hydrogen-bond acceptors (Lipinski definition) is 3. The number of nitrogens with two attached hydrogens (primary N) is 1. The lowest BCUT2D eigenvalue weighted by Crippen LogP contribution is -2.43. The van der Waals surface area contributed by atoms with Crippen molar-refractivity contribution in [2.24, 2.45) is 11.7 Å². The Kier molecular flexibility index (Phi) is 3.66. The zero-order valence-electron chi connectivity index (χ0n) is 11.3. The first-order valence-corrected chi connectivity index (χ1v) is 6.46. The van der Waals surface area contributed by atoms with E-state index < -0.39 is 0 Å². The number of carbonyl (C=O) groups excluding carboxylic acids is 1. The number of hydrogen-bond donors (Lipinski definition) is 1. The summed E-state index contributed by atoms with van der Waals surface area (Å²) >= 11 is 0. The van der Waals surface area contributed by atoms with Crippen molar-refractivity contribution in [3.8, 4) is 0 Å². The number of likely N-dealkylation sites (N-methyl/N-ethyl adjacent to an activating group) is 1. The molecule has 1 saturated carbocycles. The van der Waals surface area contributed by atoms with Crippen molar-refractivity contribution in [1.29, 1.82) is 0 Å². The van der Waals surface area contributed by atoms with Crippen molar-refractivity contribution >= 4 is 5.91 Å². The predicted molar refractivity (Wildman–Crippen MR) is 71.4 cm³/mol. The van der Waals surface area contributed by atoms with E-state index in [0.29, 0.717) is 18.0 Å². The van der Waals surface area contributed by atoms with E-state index >= 15 is 0 Å². The second-order valence-electron chi connectivity index (χ2n) is 5.14. The number of amides is 1. The summed E-state index contributed by atoms with van der Waals surface area (Å²) in [6, 6.07) is 3.90. The SMILES string of the molecule is Cc1ccc(C(=O)N(C)C(CN)C2CC2)c(C)n1. The number of nitrogens with zero attached hydrogens (tertiary/aromatic N) is 2. The van der Waals surface area contributed by atoms with Crippen LogP contribution in [0.5, 0.6) is 0 Å². The summed E-state index contributed by atoms with van der Waals surface area (Å²) < 4.78 is 0. The van der Waals surface area contributed by atoms with Crippen LogP contribution >= 0.6 is 0 Å². The Labute approximate surface area is 108 Å². The van der Waals surface area contributed by atoms with Gasteiger partial charge in [0.1, 0.15) is 0 Å². The Bertz CT molecular complexity index is 454. The molecule has 1 unspecified atom stereocenters. The van der Waals surface area contributed by atoms with Crippen LogP contribution in [0, 0.1) is 19.8 Å². The number of aryl methyl sites for hydroxylation is 2. The molecule has 98 valence electrons. The maximum Gasteiger partial charge on any atom is 0.255 e. The Morgan fingerprint density at radius 1 is 1.50 bits per heavy atom. The molecule has 4 heteroatoms. The summed E-state index contributed by atoms with van der Waals surface area (Å²) in [6.45, 7) is 4.34. The maximum absolute atomic E-state index is 12.4. The summed E-state index contributed by atoms with van der Waals surface area (Å²) in [5.74, 6) is 0.616. The first kappa shape index (κ1) is 13.0. The van der Waals surface area contributed by atoms with Crippen LogP contribution in [0.4, 0.5) is 0 Å². The maximum atomic E-state index is 12.4. The molecule has 0 bridgehead atoms. The van der Waals surface area contributed by atoms with E-state index in [9.17, 15) is 4.79 Å². The Balaban J connectivity index is 2.19. The number of aromatic nitrogens is 1. The van der Waals surface area contributed by atoms with Crippen molar-refractivity contribution in [2.75, 3.05) is 13.6 Å². The molecular formula is C14H21N3O. The van der Waals surface area contributed by atoms with Crippen LogP contribution < -0.4 is 5.73 Å². The molecule has 0 aromatic carbocycles. The van der Waals surface area contributed by atoms with Crippen LogP contribution in [0.2, 0.25) is 0 Å². The van der Waals surface area contributed by atoms with E-state index in [-0.39, 0.29) is 11.9 Å². The van der Waals surface area contributed by atoms with Gasteiger partial charge in [-0.1, -0.05) is 0 Å². The summed E-state index contributed by atoms with van der Waals surface area (Å²) in [6.07, 6.45) is 2.37. The lowest BCUT2D eigenvalue weighted by atomic mass is 10.1. The van der Waals surface area contributed by atoms with Gasteiger partial charge >= 0.3 is 0 Å². The van der Waals surface area contributed by atoms with Gasteiger partial charge in [0.25, 0.3) is 5.91 Å². The molecule has 2 rings (SSSR count). The molecule has 4 nitrogen and oxygen atoms in total. The molecule has 0 aliphatic heterocycles. The highest BCUT2D eigenvalue weighted by atomic mass is 16.2. The zero-order valence-corrected chi connectivity index (χ0v) is 11.3. The van der Waals surface area contributed by atoms with Gasteiger partial charge in [-0.2, -0.15) is 0 Å². The second-order valence-corrected chi connectivity index (χ2v) is 5.14. The van der Waals surface area contributed by atoms with Gasteiger partial charge in [-0.25, -0.2) is 0 Å². The summed E-state index contributed by atoms with van der Waals surface area (Å²) in [5.41, 5.74) is 8.19. The van der Waals surface area contributed by atoms with E-state index in [2.05, 4.69) is 4.98 Å². The Morgan fingerprint density at radius 2 is 2.17 bits per heavy atom. The predicted octanol–water partition coefficient (Wildman–Crippen LogP) is 1.51. The molecule has 1 fully saturated rings. The van der Waals surface area contributed by atoms with Crippen LogP contribution in [-0.2, 0) is 0 Å². The molecule has 0 radical (unpaired) electrons. The minimum absolute atomic E-state index is 0.0300. The molecule has 1 heterocycles. The van der Waals surface area contributed by atoms with E-state index in [1.165, 1.54) is 12.8 Å². The molecule has 2 N–H and O–H groups in total. The molecule has 1 aliphatic rings. The number of rotatable bonds is 4. The smallest absolute Gasteiger partial charge is 0.255 e. The average Bonchev–Trinajstić information content (AvgIpc) is 3.13. The van der Waals surface area contributed by atoms with Crippen LogP contribution in [-0.4, -0.2) is 35.4 Å². The van der Waals surface area contributed by atoms with Crippen molar-refractivity contribution < 1.29 is 4.79 Å². The molecule has 1 amide bonds. The highest BCUT2D eigenvalue weighted by Crippen LogP contribution is 2.35. The highest BCUT2D eigenvalue weighted by molar-refractivity contribution is 5.95. The summed E-state index contributed by atoms with van der Waals surface area (Å²) in [7, 11) is 1.84. The summed E-state index contributed by atoms with van der Waals surface area (Å²) in [4.78, 5) is 18.6. The van der Waals surface area contributed by atoms with Gasteiger partial charge in [-0.15, -0.1) is 0 Å². The van der Waals surface area contributed by atoms with Gasteiger partial charge < -0.3 is 10.6 Å². The van der Waals surface area contributed by atoms with Gasteiger partial charge in [0.2, 0.25) is 0 Å². The highest BCUT2D eigenvalue weighted by Gasteiger charge is 2.35. The topological polar surface area (TPSA) is 59.2 Å². The third-order valence-electron chi connectivity index (χ3n) is 3.68. The van der Waals surface area contributed by atoms with Crippen LogP contribution in [0.15, 0.2) is 12.1 Å². The minimum Gasteiger partial charge on any atom is -0.337 e. The lowest BCUT2D eigenvalue weighted by molar-refractivity contribution is 0.0717. The third kappa shape index (κ3) is 2.53. The Hall–Kier alpha value is -1.42. The molecule has 1 aromatic rings. The van der Waals surface area contributed by atoms with Gasteiger partial charge in [0, 0.05) is 25.3 Å². The average molecular weight is 247 g/mol. The van der Waals surface area contributed by atoms with Crippen molar-refractivity contribution in [3.05, 3.63) is 29.1 Å². The molecule has 0 spiro atoms. The van der Waals surface area contributed by atoms with Crippen molar-refractivity contribution in [2.45, 2.75) is 32.7 Å². The van der Waals surface area contributed by atoms with E-state index in [4.69, 9.17) is 5.73 Å². The fraction of sp³-hybridized carbons (Fsp3) is 0.571. The van der Waals surface area contributed by atoms with E-state index in [1.807, 2.05) is 33.0 Å². The molecule has 1 atom stereocenters. The monoisotopic (exact) mass is 247 g/mol. The largest absolute Gasteiger partial charge is 0.337 e. The fourth-order valence-corrected chi connectivity index (χ4v) is 2.40. The van der Waals surface area contributed by atoms with Gasteiger partial charge in [-0.3, -0.25) is 9.78 Å². The number of pyridine rings is 1. The van der Waals surface area contributed by atoms with Crippen LogP contribution in [0.25, 0.3) is 0 Å². The zero-order chi connectivity index (χ0) is 13.3. The summed E-state index contributed by atoms with van der Waals surface area (Å²) in [5, 5.41) is 0. The van der Waals surface area contributed by atoms with Gasteiger partial charge in [-0.05, 0) is 44.7 Å². The molecule has 1 aromatic heterocycles. The third-order valence-corrected chi connectivity index (χ3v) is 3.68. The first-order chi connectivity index (χ1) is 8.54. The van der Waals surface area contributed by atoms with E-state index in [1.54, 1.807) is 4.90 Å². The van der Waals surface area contributed by atoms with Crippen LogP contribution in [0.3, 0.4) is 0 Å². The normalized spacial score (nSPS) is 16.4. The van der Waals surface area contributed by atoms with Crippen LogP contribution in [0.1, 0.15) is 34.6 Å². The Morgan fingerprint density at radius 3 is 2.67 bits per heavy atom. The molecular weight excluding hydrogens is 226 g/mol. The standard InChI is InChI=1S/C14H21N3O/c1-9-4-7-12(10(2)16-9)14(18)17(3)13(8-15)11-5-6-11/h4,7,11,13H,5-6,8,15H2,1-3H3. The van der Waals surface area contributed by atoms with E-state index in [0.717, 1.165) is 11.4 Å². The molecule has 0 saturated heterocycles.